The number of rotatable bonds is 2. The smallest absolute Gasteiger partial charge is 0.257 e. The van der Waals surface area contributed by atoms with Crippen molar-refractivity contribution in [1.29, 1.82) is 0 Å². The second kappa shape index (κ2) is 5.38. The van der Waals surface area contributed by atoms with Crippen molar-refractivity contribution in [2.45, 2.75) is 26.2 Å². The summed E-state index contributed by atoms with van der Waals surface area (Å²) < 4.78 is 0.940. The molecule has 1 amide bonds. The summed E-state index contributed by atoms with van der Waals surface area (Å²) in [5.41, 5.74) is 0.536. The first kappa shape index (κ1) is 14.1. The summed E-state index contributed by atoms with van der Waals surface area (Å²) in [6.45, 7) is 6.19. The van der Waals surface area contributed by atoms with Gasteiger partial charge in [0, 0.05) is 15.5 Å². The molecule has 0 aliphatic carbocycles. The lowest BCUT2D eigenvalue weighted by Gasteiger charge is -2.12. The van der Waals surface area contributed by atoms with Crippen LogP contribution in [0.15, 0.2) is 28.7 Å². The zero-order valence-electron chi connectivity index (χ0n) is 10.9. The molecule has 1 heterocycles. The third-order valence-electron chi connectivity index (χ3n) is 2.39. The molecule has 0 bridgehead atoms. The minimum absolute atomic E-state index is 0.0573. The Balaban J connectivity index is 2.11. The minimum atomic E-state index is -0.177. The molecule has 1 N–H and O–H groups in total. The Morgan fingerprint density at radius 1 is 1.21 bits per heavy atom. The third-order valence-corrected chi connectivity index (χ3v) is 4.19. The zero-order valence-corrected chi connectivity index (χ0v) is 13.3. The number of amides is 1. The van der Waals surface area contributed by atoms with E-state index in [1.807, 2.05) is 12.1 Å². The van der Waals surface area contributed by atoms with E-state index in [0.717, 1.165) is 9.48 Å². The summed E-state index contributed by atoms with van der Waals surface area (Å²) in [5.74, 6) is -0.177. The molecule has 0 aliphatic heterocycles. The average Bonchev–Trinajstić information content (AvgIpc) is 2.78. The van der Waals surface area contributed by atoms with Gasteiger partial charge in [-0.2, -0.15) is 0 Å². The van der Waals surface area contributed by atoms with Crippen molar-refractivity contribution < 1.29 is 4.79 Å². The van der Waals surface area contributed by atoms with E-state index in [2.05, 4.69) is 52.2 Å². The Kier molecular flexibility index (Phi) is 4.01. The fourth-order valence-corrected chi connectivity index (χ4v) is 2.41. The van der Waals surface area contributed by atoms with E-state index in [1.54, 1.807) is 12.1 Å². The van der Waals surface area contributed by atoms with Gasteiger partial charge >= 0.3 is 0 Å². The van der Waals surface area contributed by atoms with Crippen LogP contribution >= 0.6 is 27.3 Å². The molecule has 0 saturated carbocycles. The summed E-state index contributed by atoms with van der Waals surface area (Å²) in [6, 6.07) is 7.17. The van der Waals surface area contributed by atoms with Crippen molar-refractivity contribution in [3.05, 3.63) is 39.3 Å². The van der Waals surface area contributed by atoms with Gasteiger partial charge in [-0.25, -0.2) is 0 Å². The molecule has 6 heteroatoms. The predicted molar refractivity (Wildman–Crippen MR) is 80.7 cm³/mol. The number of halogens is 1. The molecule has 2 aromatic rings. The molecule has 4 nitrogen and oxygen atoms in total. The van der Waals surface area contributed by atoms with Crippen molar-refractivity contribution >= 4 is 38.3 Å². The van der Waals surface area contributed by atoms with Crippen molar-refractivity contribution in [1.82, 2.24) is 10.2 Å². The Bertz CT molecular complexity index is 587. The summed E-state index contributed by atoms with van der Waals surface area (Å²) in [6.07, 6.45) is 0. The number of nitrogens with one attached hydrogen (secondary N) is 1. The van der Waals surface area contributed by atoms with Crippen molar-refractivity contribution in [2.75, 3.05) is 5.32 Å². The number of hydrogen-bond acceptors (Lipinski definition) is 4. The maximum absolute atomic E-state index is 12.0. The maximum atomic E-state index is 12.0. The molecular formula is C13H14BrN3OS. The lowest BCUT2D eigenvalue weighted by Crippen LogP contribution is -2.11. The average molecular weight is 340 g/mol. The van der Waals surface area contributed by atoms with Gasteiger partial charge in [0.05, 0.1) is 0 Å². The predicted octanol–water partition coefficient (Wildman–Crippen LogP) is 3.85. The molecule has 0 radical (unpaired) electrons. The van der Waals surface area contributed by atoms with Crippen molar-refractivity contribution in [3.63, 3.8) is 0 Å². The molecule has 0 saturated heterocycles. The highest BCUT2D eigenvalue weighted by atomic mass is 79.9. The molecule has 1 aromatic heterocycles. The Hall–Kier alpha value is -1.27. The minimum Gasteiger partial charge on any atom is -0.296 e. The van der Waals surface area contributed by atoms with Gasteiger partial charge in [-0.3, -0.25) is 10.1 Å². The van der Waals surface area contributed by atoms with Crippen LogP contribution in [0.5, 0.6) is 0 Å². The first-order valence-corrected chi connectivity index (χ1v) is 7.38. The highest BCUT2D eigenvalue weighted by Crippen LogP contribution is 2.27. The Morgan fingerprint density at radius 2 is 1.84 bits per heavy atom. The standard InChI is InChI=1S/C13H14BrN3OS/c1-13(2,3)11-16-17-12(19-11)15-10(18)8-4-6-9(14)7-5-8/h4-7H,1-3H3,(H,15,17,18). The SMILES string of the molecule is CC(C)(C)c1nnc(NC(=O)c2ccc(Br)cc2)s1. The molecule has 0 unspecified atom stereocenters. The van der Waals surface area contributed by atoms with Gasteiger partial charge in [-0.05, 0) is 24.3 Å². The van der Waals surface area contributed by atoms with E-state index in [1.165, 1.54) is 11.3 Å². The molecule has 1 aromatic carbocycles. The molecule has 2 rings (SSSR count). The maximum Gasteiger partial charge on any atom is 0.257 e. The summed E-state index contributed by atoms with van der Waals surface area (Å²) in [7, 11) is 0. The highest BCUT2D eigenvalue weighted by molar-refractivity contribution is 9.10. The molecular weight excluding hydrogens is 326 g/mol. The van der Waals surface area contributed by atoms with E-state index < -0.39 is 0 Å². The van der Waals surface area contributed by atoms with Gasteiger partial charge in [-0.15, -0.1) is 10.2 Å². The topological polar surface area (TPSA) is 54.9 Å². The molecule has 0 atom stereocenters. The first-order valence-electron chi connectivity index (χ1n) is 5.77. The lowest BCUT2D eigenvalue weighted by atomic mass is 9.98. The van der Waals surface area contributed by atoms with Crippen LogP contribution in [0.4, 0.5) is 5.13 Å². The first-order chi connectivity index (χ1) is 8.86. The molecule has 19 heavy (non-hydrogen) atoms. The lowest BCUT2D eigenvalue weighted by molar-refractivity contribution is 0.102. The van der Waals surface area contributed by atoms with Crippen molar-refractivity contribution in [2.24, 2.45) is 0 Å². The number of benzene rings is 1. The largest absolute Gasteiger partial charge is 0.296 e. The van der Waals surface area contributed by atoms with Gasteiger partial charge in [-0.1, -0.05) is 48.0 Å². The molecule has 0 aliphatic rings. The number of aromatic nitrogens is 2. The summed E-state index contributed by atoms with van der Waals surface area (Å²) in [5, 5.41) is 12.3. The number of anilines is 1. The van der Waals surface area contributed by atoms with Crippen LogP contribution in [0.2, 0.25) is 0 Å². The highest BCUT2D eigenvalue weighted by Gasteiger charge is 2.20. The van der Waals surface area contributed by atoms with Crippen molar-refractivity contribution in [3.8, 4) is 0 Å². The van der Waals surface area contributed by atoms with Crippen LogP contribution in [0.3, 0.4) is 0 Å². The van der Waals surface area contributed by atoms with Crippen LogP contribution in [-0.2, 0) is 5.41 Å². The number of hydrogen-bond donors (Lipinski definition) is 1. The monoisotopic (exact) mass is 339 g/mol. The van der Waals surface area contributed by atoms with E-state index in [-0.39, 0.29) is 11.3 Å². The van der Waals surface area contributed by atoms with Gasteiger partial charge < -0.3 is 0 Å². The third kappa shape index (κ3) is 3.61. The summed E-state index contributed by atoms with van der Waals surface area (Å²) in [4.78, 5) is 12.0. The van der Waals surface area contributed by atoms with E-state index in [0.29, 0.717) is 10.7 Å². The number of nitrogens with zero attached hydrogens (tertiary/aromatic N) is 2. The van der Waals surface area contributed by atoms with Crippen LogP contribution in [-0.4, -0.2) is 16.1 Å². The van der Waals surface area contributed by atoms with Crippen LogP contribution in [0.1, 0.15) is 36.1 Å². The Labute approximate surface area is 124 Å². The molecule has 100 valence electrons. The van der Waals surface area contributed by atoms with Crippen LogP contribution in [0.25, 0.3) is 0 Å². The van der Waals surface area contributed by atoms with Gasteiger partial charge in [0.1, 0.15) is 5.01 Å². The fraction of sp³-hybridized carbons (Fsp3) is 0.308. The molecule has 0 spiro atoms. The Morgan fingerprint density at radius 3 is 2.37 bits per heavy atom. The molecule has 0 fully saturated rings. The van der Waals surface area contributed by atoms with E-state index in [9.17, 15) is 4.79 Å². The van der Waals surface area contributed by atoms with Crippen LogP contribution in [0, 0.1) is 0 Å². The zero-order chi connectivity index (χ0) is 14.0. The van der Waals surface area contributed by atoms with Gasteiger partial charge in [0.15, 0.2) is 0 Å². The van der Waals surface area contributed by atoms with E-state index in [4.69, 9.17) is 0 Å². The fourth-order valence-electron chi connectivity index (χ4n) is 1.35. The van der Waals surface area contributed by atoms with Crippen LogP contribution < -0.4 is 5.32 Å². The number of carbonyl (C=O) groups is 1. The second-order valence-corrected chi connectivity index (χ2v) is 7.02. The van der Waals surface area contributed by atoms with Gasteiger partial charge in [0.25, 0.3) is 5.91 Å². The number of carbonyl (C=O) groups excluding carboxylic acids is 1. The summed E-state index contributed by atoms with van der Waals surface area (Å²) >= 11 is 4.74. The van der Waals surface area contributed by atoms with E-state index >= 15 is 0 Å². The normalized spacial score (nSPS) is 11.4. The second-order valence-electron chi connectivity index (χ2n) is 5.12. The quantitative estimate of drug-likeness (QED) is 0.903. The van der Waals surface area contributed by atoms with Gasteiger partial charge in [0.2, 0.25) is 5.13 Å².